The molecule has 2 aromatic carbocycles. The summed E-state index contributed by atoms with van der Waals surface area (Å²) in [5.41, 5.74) is -0.753. The van der Waals surface area contributed by atoms with Crippen molar-refractivity contribution in [1.82, 2.24) is 0 Å². The third-order valence-corrected chi connectivity index (χ3v) is 5.79. The zero-order valence-electron chi connectivity index (χ0n) is 13.6. The predicted octanol–water partition coefficient (Wildman–Crippen LogP) is 6.19. The van der Waals surface area contributed by atoms with Gasteiger partial charge in [-0.3, -0.25) is 4.79 Å². The van der Waals surface area contributed by atoms with Gasteiger partial charge in [-0.2, -0.15) is 26.3 Å². The summed E-state index contributed by atoms with van der Waals surface area (Å²) in [5.74, 6) is -0.436. The second-order valence-electron chi connectivity index (χ2n) is 5.80. The molecule has 0 aliphatic rings. The van der Waals surface area contributed by atoms with Crippen molar-refractivity contribution in [3.8, 4) is 0 Å². The number of nitrogens with two attached hydrogens (primary N) is 1. The van der Waals surface area contributed by atoms with E-state index in [1.165, 1.54) is 63.4 Å². The van der Waals surface area contributed by atoms with E-state index in [1.54, 1.807) is 6.07 Å². The number of alkyl halides is 7. The molecule has 11 heteroatoms. The molecule has 0 spiro atoms. The Balaban J connectivity index is 2.49. The number of carbonyl (C=O) groups is 1. The molecule has 0 saturated carbocycles. The highest BCUT2D eigenvalue weighted by molar-refractivity contribution is 14.1. The van der Waals surface area contributed by atoms with Gasteiger partial charge in [-0.25, -0.2) is 4.39 Å². The summed E-state index contributed by atoms with van der Waals surface area (Å²) in [5, 5.41) is 0. The minimum Gasteiger partial charge on any atom is -0.399 e. The number of ketones is 1. The van der Waals surface area contributed by atoms with Gasteiger partial charge in [-0.15, -0.1) is 0 Å². The van der Waals surface area contributed by atoms with Crippen molar-refractivity contribution in [2.75, 3.05) is 5.73 Å². The minimum atomic E-state index is -6.20. The largest absolute Gasteiger partial charge is 0.435 e. The number of benzene rings is 2. The van der Waals surface area contributed by atoms with Crippen molar-refractivity contribution in [2.45, 2.75) is 24.4 Å². The summed E-state index contributed by atoms with van der Waals surface area (Å²) >= 11 is 2.97. The fourth-order valence-corrected chi connectivity index (χ4v) is 4.58. The summed E-state index contributed by atoms with van der Waals surface area (Å²) in [6.07, 6.45) is -12.7. The van der Waals surface area contributed by atoms with Gasteiger partial charge < -0.3 is 5.73 Å². The van der Waals surface area contributed by atoms with Gasteiger partial charge in [0.1, 0.15) is 0 Å². The Hall–Kier alpha value is -1.12. The lowest BCUT2D eigenvalue weighted by Crippen LogP contribution is -2.50. The van der Waals surface area contributed by atoms with Gasteiger partial charge in [0.05, 0.1) is 0 Å². The molecule has 0 amide bonds. The standard InChI is InChI=1S/C17H10F7I2NO/c18-15(16(19,20)21,17(22,23)24)9-5-12(25)11(13(26)6-9)7-14(28)8-2-1-3-10(27)4-8/h1-6H,7,27H2. The van der Waals surface area contributed by atoms with E-state index in [4.69, 9.17) is 5.73 Å². The second-order valence-corrected chi connectivity index (χ2v) is 8.12. The van der Waals surface area contributed by atoms with Gasteiger partial charge in [0, 0.05) is 30.4 Å². The Kier molecular flexibility index (Phi) is 6.58. The molecule has 0 aliphatic heterocycles. The smallest absolute Gasteiger partial charge is 0.399 e. The van der Waals surface area contributed by atoms with Crippen molar-refractivity contribution in [3.63, 3.8) is 0 Å². The van der Waals surface area contributed by atoms with Crippen LogP contribution in [0.5, 0.6) is 0 Å². The van der Waals surface area contributed by atoms with Gasteiger partial charge >= 0.3 is 18.0 Å². The normalized spacial score (nSPS) is 12.9. The summed E-state index contributed by atoms with van der Waals surface area (Å²) in [6, 6.07) is 6.89. The number of hydrogen-bond donors (Lipinski definition) is 1. The van der Waals surface area contributed by atoms with E-state index in [-0.39, 0.29) is 24.7 Å². The molecule has 0 bridgehead atoms. The lowest BCUT2D eigenvalue weighted by molar-refractivity contribution is -0.348. The van der Waals surface area contributed by atoms with Crippen LogP contribution in [0.4, 0.5) is 36.4 Å². The molecule has 2 nitrogen and oxygen atoms in total. The summed E-state index contributed by atoms with van der Waals surface area (Å²) in [7, 11) is 0. The minimum absolute atomic E-state index is 0.0905. The number of carbonyl (C=O) groups excluding carboxylic acids is 1. The van der Waals surface area contributed by atoms with Gasteiger partial charge in [-0.1, -0.05) is 12.1 Å². The number of Topliss-reactive ketones (excluding diaryl/α,β-unsaturated/α-hetero) is 1. The van der Waals surface area contributed by atoms with E-state index in [0.29, 0.717) is 17.8 Å². The maximum atomic E-state index is 14.3. The monoisotopic (exact) mass is 631 g/mol. The van der Waals surface area contributed by atoms with Crippen LogP contribution in [-0.2, 0) is 12.1 Å². The molecule has 0 saturated heterocycles. The third-order valence-electron chi connectivity index (χ3n) is 3.87. The third kappa shape index (κ3) is 4.39. The molecule has 2 N–H and O–H groups in total. The van der Waals surface area contributed by atoms with E-state index in [1.807, 2.05) is 0 Å². The van der Waals surface area contributed by atoms with Crippen LogP contribution in [0.25, 0.3) is 0 Å². The molecule has 0 heterocycles. The Labute approximate surface area is 181 Å². The van der Waals surface area contributed by atoms with Crippen molar-refractivity contribution < 1.29 is 35.5 Å². The second kappa shape index (κ2) is 7.95. The van der Waals surface area contributed by atoms with E-state index < -0.39 is 29.4 Å². The van der Waals surface area contributed by atoms with Crippen LogP contribution < -0.4 is 5.73 Å². The maximum Gasteiger partial charge on any atom is 0.435 e. The van der Waals surface area contributed by atoms with Crippen LogP contribution in [0.15, 0.2) is 36.4 Å². The first kappa shape index (κ1) is 23.2. The lowest BCUT2D eigenvalue weighted by Gasteiger charge is -2.31. The molecule has 0 unspecified atom stereocenters. The lowest BCUT2D eigenvalue weighted by atomic mass is 9.92. The van der Waals surface area contributed by atoms with E-state index >= 15 is 0 Å². The zero-order valence-corrected chi connectivity index (χ0v) is 17.9. The fourth-order valence-electron chi connectivity index (χ4n) is 2.43. The van der Waals surface area contributed by atoms with Crippen molar-refractivity contribution in [1.29, 1.82) is 0 Å². The van der Waals surface area contributed by atoms with Gasteiger partial charge in [0.2, 0.25) is 0 Å². The molecule has 152 valence electrons. The molecular formula is C17H10F7I2NO. The Morgan fingerprint density at radius 1 is 0.893 bits per heavy atom. The molecule has 0 aliphatic carbocycles. The molecule has 2 rings (SSSR count). The number of nitrogen functional groups attached to an aromatic ring is 1. The highest BCUT2D eigenvalue weighted by atomic mass is 127. The SMILES string of the molecule is Nc1cccc(C(=O)Cc2c(I)cc(C(F)(C(F)(F)F)C(F)(F)F)cc2I)c1. The van der Waals surface area contributed by atoms with E-state index in [0.717, 1.165) is 0 Å². The highest BCUT2D eigenvalue weighted by Crippen LogP contribution is 2.53. The van der Waals surface area contributed by atoms with Crippen LogP contribution in [0, 0.1) is 7.14 Å². The van der Waals surface area contributed by atoms with Gasteiger partial charge in [0.15, 0.2) is 5.78 Å². The van der Waals surface area contributed by atoms with Crippen LogP contribution in [0.3, 0.4) is 0 Å². The van der Waals surface area contributed by atoms with Crippen LogP contribution in [-0.4, -0.2) is 18.1 Å². The molecule has 2 aromatic rings. The molecule has 0 fully saturated rings. The average molecular weight is 631 g/mol. The number of anilines is 1. The predicted molar refractivity (Wildman–Crippen MR) is 106 cm³/mol. The maximum absolute atomic E-state index is 14.3. The molecule has 0 aromatic heterocycles. The quantitative estimate of drug-likeness (QED) is 0.190. The Morgan fingerprint density at radius 3 is 1.82 bits per heavy atom. The highest BCUT2D eigenvalue weighted by Gasteiger charge is 2.73. The van der Waals surface area contributed by atoms with Crippen LogP contribution >= 0.6 is 45.2 Å². The summed E-state index contributed by atoms with van der Waals surface area (Å²) in [6.45, 7) is 0. The van der Waals surface area contributed by atoms with Crippen LogP contribution in [0.2, 0.25) is 0 Å². The number of halogens is 9. The Bertz CT molecular complexity index is 872. The Morgan fingerprint density at radius 2 is 1.39 bits per heavy atom. The molecule has 0 atom stereocenters. The molecule has 0 radical (unpaired) electrons. The average Bonchev–Trinajstić information content (AvgIpc) is 2.54. The van der Waals surface area contributed by atoms with E-state index in [9.17, 15) is 35.5 Å². The van der Waals surface area contributed by atoms with Crippen molar-refractivity contribution in [3.05, 3.63) is 60.2 Å². The topological polar surface area (TPSA) is 43.1 Å². The number of rotatable bonds is 4. The van der Waals surface area contributed by atoms with Gasteiger partial charge in [0.25, 0.3) is 0 Å². The van der Waals surface area contributed by atoms with Crippen LogP contribution in [0.1, 0.15) is 21.5 Å². The fraction of sp³-hybridized carbons (Fsp3) is 0.235. The van der Waals surface area contributed by atoms with Crippen molar-refractivity contribution in [2.24, 2.45) is 0 Å². The zero-order chi connectivity index (χ0) is 21.5. The summed E-state index contributed by atoms with van der Waals surface area (Å²) < 4.78 is 91.8. The van der Waals surface area contributed by atoms with Gasteiger partial charge in [-0.05, 0) is 75.0 Å². The first-order chi connectivity index (χ1) is 12.7. The molecular weight excluding hydrogens is 621 g/mol. The van der Waals surface area contributed by atoms with Crippen molar-refractivity contribution >= 4 is 56.7 Å². The first-order valence-electron chi connectivity index (χ1n) is 7.38. The molecule has 28 heavy (non-hydrogen) atoms. The summed E-state index contributed by atoms with van der Waals surface area (Å²) in [4.78, 5) is 12.4. The van der Waals surface area contributed by atoms with E-state index in [2.05, 4.69) is 0 Å². The number of hydrogen-bond acceptors (Lipinski definition) is 2. The first-order valence-corrected chi connectivity index (χ1v) is 9.53.